The standard InChI is InChI=1S/C17H26F2N2O2/c1-5-17(3,4)21-12(2)16(22)20-10-13-7-6-8-14(9-13)23-11-15(18)19/h6-9,12,15,21H,5,10-11H2,1-4H3,(H,20,22). The zero-order chi connectivity index (χ0) is 17.5. The summed E-state index contributed by atoms with van der Waals surface area (Å²) >= 11 is 0. The summed E-state index contributed by atoms with van der Waals surface area (Å²) in [7, 11) is 0. The highest BCUT2D eigenvalue weighted by molar-refractivity contribution is 5.81. The summed E-state index contributed by atoms with van der Waals surface area (Å²) in [6, 6.07) is 6.47. The van der Waals surface area contributed by atoms with E-state index in [4.69, 9.17) is 4.74 Å². The van der Waals surface area contributed by atoms with Crippen LogP contribution < -0.4 is 15.4 Å². The number of carbonyl (C=O) groups excluding carboxylic acids is 1. The van der Waals surface area contributed by atoms with E-state index in [2.05, 4.69) is 17.6 Å². The molecule has 1 rings (SSSR count). The van der Waals surface area contributed by atoms with E-state index in [9.17, 15) is 13.6 Å². The molecule has 1 aromatic rings. The maximum absolute atomic E-state index is 12.1. The molecule has 0 saturated carbocycles. The third kappa shape index (κ3) is 7.41. The van der Waals surface area contributed by atoms with Gasteiger partial charge in [0.1, 0.15) is 12.4 Å². The number of halogens is 2. The Labute approximate surface area is 136 Å². The van der Waals surface area contributed by atoms with Crippen molar-refractivity contribution in [3.05, 3.63) is 29.8 Å². The lowest BCUT2D eigenvalue weighted by molar-refractivity contribution is -0.123. The van der Waals surface area contributed by atoms with E-state index < -0.39 is 13.0 Å². The minimum atomic E-state index is -2.51. The van der Waals surface area contributed by atoms with Crippen LogP contribution in [0, 0.1) is 0 Å². The van der Waals surface area contributed by atoms with E-state index in [0.29, 0.717) is 12.3 Å². The Morgan fingerprint density at radius 3 is 2.65 bits per heavy atom. The normalized spacial score (nSPS) is 13.0. The van der Waals surface area contributed by atoms with Gasteiger partial charge in [0.2, 0.25) is 5.91 Å². The number of ether oxygens (including phenoxy) is 1. The molecule has 6 heteroatoms. The maximum atomic E-state index is 12.1. The Morgan fingerprint density at radius 2 is 2.04 bits per heavy atom. The Hall–Kier alpha value is -1.69. The van der Waals surface area contributed by atoms with Crippen molar-refractivity contribution in [1.29, 1.82) is 0 Å². The SMILES string of the molecule is CCC(C)(C)NC(C)C(=O)NCc1cccc(OCC(F)F)c1. The van der Waals surface area contributed by atoms with Crippen molar-refractivity contribution >= 4 is 5.91 Å². The summed E-state index contributed by atoms with van der Waals surface area (Å²) in [5.74, 6) is 0.265. The Kier molecular flexibility index (Phi) is 7.42. The van der Waals surface area contributed by atoms with Crippen LogP contribution in [0.5, 0.6) is 5.75 Å². The lowest BCUT2D eigenvalue weighted by Crippen LogP contribution is -2.51. The molecule has 0 spiro atoms. The fourth-order valence-corrected chi connectivity index (χ4v) is 2.00. The molecular weight excluding hydrogens is 302 g/mol. The number of benzene rings is 1. The quantitative estimate of drug-likeness (QED) is 0.732. The highest BCUT2D eigenvalue weighted by atomic mass is 19.3. The topological polar surface area (TPSA) is 50.4 Å². The van der Waals surface area contributed by atoms with Crippen molar-refractivity contribution in [3.63, 3.8) is 0 Å². The molecule has 0 saturated heterocycles. The second kappa shape index (κ2) is 8.82. The number of alkyl halides is 2. The van der Waals surface area contributed by atoms with Gasteiger partial charge in [0.25, 0.3) is 6.43 Å². The van der Waals surface area contributed by atoms with E-state index >= 15 is 0 Å². The van der Waals surface area contributed by atoms with Crippen LogP contribution in [-0.2, 0) is 11.3 Å². The number of amides is 1. The van der Waals surface area contributed by atoms with Crippen molar-refractivity contribution in [2.75, 3.05) is 6.61 Å². The summed E-state index contributed by atoms with van der Waals surface area (Å²) in [6.45, 7) is 7.64. The van der Waals surface area contributed by atoms with E-state index in [1.807, 2.05) is 26.8 Å². The van der Waals surface area contributed by atoms with Crippen LogP contribution in [0.25, 0.3) is 0 Å². The predicted octanol–water partition coefficient (Wildman–Crippen LogP) is 3.11. The molecule has 1 atom stereocenters. The van der Waals surface area contributed by atoms with E-state index in [-0.39, 0.29) is 17.5 Å². The summed E-state index contributed by atoms with van der Waals surface area (Å²) in [5, 5.41) is 6.10. The first-order valence-electron chi connectivity index (χ1n) is 7.79. The van der Waals surface area contributed by atoms with E-state index in [1.165, 1.54) is 0 Å². The third-order valence-electron chi connectivity index (χ3n) is 3.63. The minimum absolute atomic E-state index is 0.106. The highest BCUT2D eigenvalue weighted by Crippen LogP contribution is 2.14. The molecule has 0 bridgehead atoms. The van der Waals surface area contributed by atoms with Gasteiger partial charge < -0.3 is 15.4 Å². The van der Waals surface area contributed by atoms with Crippen molar-refractivity contribution < 1.29 is 18.3 Å². The number of carbonyl (C=O) groups is 1. The molecule has 0 aliphatic heterocycles. The van der Waals surface area contributed by atoms with Crippen molar-refractivity contribution in [2.24, 2.45) is 0 Å². The third-order valence-corrected chi connectivity index (χ3v) is 3.63. The average molecular weight is 328 g/mol. The molecule has 4 nitrogen and oxygen atoms in total. The van der Waals surface area contributed by atoms with Crippen LogP contribution in [0.3, 0.4) is 0 Å². The zero-order valence-corrected chi connectivity index (χ0v) is 14.2. The van der Waals surface area contributed by atoms with Crippen LogP contribution in [0.1, 0.15) is 39.7 Å². The number of nitrogens with one attached hydrogen (secondary N) is 2. The lowest BCUT2D eigenvalue weighted by atomic mass is 10.0. The van der Waals surface area contributed by atoms with Gasteiger partial charge in [0.15, 0.2) is 0 Å². The Bertz CT molecular complexity index is 507. The molecule has 1 amide bonds. The van der Waals surface area contributed by atoms with Gasteiger partial charge in [-0.25, -0.2) is 8.78 Å². The molecule has 0 aliphatic carbocycles. The van der Waals surface area contributed by atoms with Crippen LogP contribution in [0.2, 0.25) is 0 Å². The van der Waals surface area contributed by atoms with Crippen LogP contribution in [0.15, 0.2) is 24.3 Å². The first-order chi connectivity index (χ1) is 10.7. The molecule has 1 aromatic carbocycles. The average Bonchev–Trinajstić information content (AvgIpc) is 2.50. The zero-order valence-electron chi connectivity index (χ0n) is 14.2. The molecule has 0 aliphatic rings. The van der Waals surface area contributed by atoms with Gasteiger partial charge in [-0.3, -0.25) is 4.79 Å². The molecule has 0 aromatic heterocycles. The van der Waals surface area contributed by atoms with Gasteiger partial charge in [0, 0.05) is 12.1 Å². The lowest BCUT2D eigenvalue weighted by Gasteiger charge is -2.28. The van der Waals surface area contributed by atoms with Crippen LogP contribution in [0.4, 0.5) is 8.78 Å². The van der Waals surface area contributed by atoms with Crippen molar-refractivity contribution in [2.45, 2.75) is 58.7 Å². The first-order valence-corrected chi connectivity index (χ1v) is 7.79. The van der Waals surface area contributed by atoms with Gasteiger partial charge in [-0.2, -0.15) is 0 Å². The molecule has 130 valence electrons. The largest absolute Gasteiger partial charge is 0.488 e. The van der Waals surface area contributed by atoms with E-state index in [1.54, 1.807) is 18.2 Å². The second-order valence-corrected chi connectivity index (χ2v) is 6.17. The fourth-order valence-electron chi connectivity index (χ4n) is 2.00. The predicted molar refractivity (Wildman–Crippen MR) is 86.8 cm³/mol. The molecule has 1 unspecified atom stereocenters. The van der Waals surface area contributed by atoms with E-state index in [0.717, 1.165) is 12.0 Å². The minimum Gasteiger partial charge on any atom is -0.488 e. The summed E-state index contributed by atoms with van der Waals surface area (Å²) in [4.78, 5) is 12.1. The van der Waals surface area contributed by atoms with Gasteiger partial charge in [-0.15, -0.1) is 0 Å². The first kappa shape index (κ1) is 19.4. The highest BCUT2D eigenvalue weighted by Gasteiger charge is 2.21. The summed E-state index contributed by atoms with van der Waals surface area (Å²) < 4.78 is 29.2. The van der Waals surface area contributed by atoms with Gasteiger partial charge in [-0.1, -0.05) is 19.1 Å². The molecule has 2 N–H and O–H groups in total. The number of hydrogen-bond acceptors (Lipinski definition) is 3. The van der Waals surface area contributed by atoms with Gasteiger partial charge in [-0.05, 0) is 44.9 Å². The smallest absolute Gasteiger partial charge is 0.272 e. The molecular formula is C17H26F2N2O2. The van der Waals surface area contributed by atoms with Crippen molar-refractivity contribution in [1.82, 2.24) is 10.6 Å². The Morgan fingerprint density at radius 1 is 1.35 bits per heavy atom. The number of hydrogen-bond donors (Lipinski definition) is 2. The molecule has 0 fully saturated rings. The summed E-state index contributed by atoms with van der Waals surface area (Å²) in [6.07, 6.45) is -1.60. The fraction of sp³-hybridized carbons (Fsp3) is 0.588. The molecule has 0 radical (unpaired) electrons. The van der Waals surface area contributed by atoms with Gasteiger partial charge >= 0.3 is 0 Å². The summed E-state index contributed by atoms with van der Waals surface area (Å²) in [5.41, 5.74) is 0.687. The molecule has 23 heavy (non-hydrogen) atoms. The second-order valence-electron chi connectivity index (χ2n) is 6.17. The maximum Gasteiger partial charge on any atom is 0.272 e. The van der Waals surface area contributed by atoms with Gasteiger partial charge in [0.05, 0.1) is 6.04 Å². The number of rotatable bonds is 9. The monoisotopic (exact) mass is 328 g/mol. The Balaban J connectivity index is 2.51. The van der Waals surface area contributed by atoms with Crippen LogP contribution in [-0.4, -0.2) is 30.5 Å². The van der Waals surface area contributed by atoms with Crippen LogP contribution >= 0.6 is 0 Å². The molecule has 0 heterocycles. The van der Waals surface area contributed by atoms with Crippen molar-refractivity contribution in [3.8, 4) is 5.75 Å².